The van der Waals surface area contributed by atoms with Gasteiger partial charge in [0.05, 0.1) is 12.2 Å². The van der Waals surface area contributed by atoms with E-state index in [9.17, 15) is 0 Å². The second-order valence-corrected chi connectivity index (χ2v) is 9.19. The number of hydrogen-bond acceptors (Lipinski definition) is 2. The van der Waals surface area contributed by atoms with Gasteiger partial charge in [-0.1, -0.05) is 56.2 Å². The maximum Gasteiger partial charge on any atom is 0.135 e. The first-order chi connectivity index (χ1) is 14.8. The summed E-state index contributed by atoms with van der Waals surface area (Å²) in [5, 5.41) is 4.84. The van der Waals surface area contributed by atoms with Gasteiger partial charge in [0.2, 0.25) is 0 Å². The second kappa shape index (κ2) is 8.88. The summed E-state index contributed by atoms with van der Waals surface area (Å²) in [4.78, 5) is 0. The molecule has 0 amide bonds. The largest absolute Gasteiger partial charge is 0.489 e. The molecule has 0 saturated heterocycles. The van der Waals surface area contributed by atoms with Gasteiger partial charge >= 0.3 is 0 Å². The Hall–Kier alpha value is -2.22. The van der Waals surface area contributed by atoms with Crippen molar-refractivity contribution in [1.82, 2.24) is 0 Å². The molecule has 0 spiro atoms. The van der Waals surface area contributed by atoms with E-state index in [0.717, 1.165) is 17.9 Å². The highest BCUT2D eigenvalue weighted by Gasteiger charge is 2.23. The van der Waals surface area contributed by atoms with E-state index in [1.807, 2.05) is 0 Å². The van der Waals surface area contributed by atoms with E-state index >= 15 is 0 Å². The number of benzene rings is 3. The van der Waals surface area contributed by atoms with Gasteiger partial charge in [-0.3, -0.25) is 0 Å². The summed E-state index contributed by atoms with van der Waals surface area (Å²) in [6.45, 7) is 2.23. The van der Waals surface area contributed by atoms with Gasteiger partial charge in [0.25, 0.3) is 0 Å². The number of aryl methyl sites for hydroxylation is 1. The molecule has 0 atom stereocenters. The lowest BCUT2D eigenvalue weighted by molar-refractivity contribution is 0.156. The van der Waals surface area contributed by atoms with Crippen LogP contribution in [0.5, 0.6) is 11.5 Å². The molecule has 2 aliphatic rings. The molecule has 0 aromatic heterocycles. The summed E-state index contributed by atoms with van der Waals surface area (Å²) in [6, 6.07) is 15.6. The number of hydrogen-bond donors (Lipinski definition) is 0. The number of fused-ring (bicyclic) bond motifs is 2. The molecule has 2 aliphatic carbocycles. The Labute approximate surface area is 180 Å². The van der Waals surface area contributed by atoms with Crippen LogP contribution in [0.25, 0.3) is 21.5 Å². The van der Waals surface area contributed by atoms with E-state index in [-0.39, 0.29) is 0 Å². The monoisotopic (exact) mass is 402 g/mol. The predicted molar refractivity (Wildman–Crippen MR) is 126 cm³/mol. The first-order valence-corrected chi connectivity index (χ1v) is 12.1. The zero-order chi connectivity index (χ0) is 20.3. The van der Waals surface area contributed by atoms with Crippen molar-refractivity contribution in [3.63, 3.8) is 0 Å². The minimum Gasteiger partial charge on any atom is -0.489 e. The molecule has 0 heterocycles. The average Bonchev–Trinajstić information content (AvgIpc) is 2.82. The molecule has 2 saturated carbocycles. The van der Waals surface area contributed by atoms with E-state index in [0.29, 0.717) is 12.2 Å². The zero-order valence-corrected chi connectivity index (χ0v) is 18.3. The van der Waals surface area contributed by atoms with Gasteiger partial charge in [0, 0.05) is 21.5 Å². The van der Waals surface area contributed by atoms with Crippen molar-refractivity contribution in [3.8, 4) is 11.5 Å². The van der Waals surface area contributed by atoms with E-state index < -0.39 is 0 Å². The number of ether oxygens (including phenoxy) is 2. The highest BCUT2D eigenvalue weighted by Crippen LogP contribution is 2.45. The fraction of sp³-hybridized carbons (Fsp3) is 0.500. The summed E-state index contributed by atoms with van der Waals surface area (Å²) in [5.74, 6) is 2.13. The third kappa shape index (κ3) is 3.89. The van der Waals surface area contributed by atoms with Crippen molar-refractivity contribution in [1.29, 1.82) is 0 Å². The molecule has 0 N–H and O–H groups in total. The average molecular weight is 403 g/mol. The lowest BCUT2D eigenvalue weighted by atomic mass is 9.95. The molecule has 158 valence electrons. The molecule has 5 rings (SSSR count). The highest BCUT2D eigenvalue weighted by atomic mass is 16.5. The Bertz CT molecular complexity index is 1010. The van der Waals surface area contributed by atoms with Crippen molar-refractivity contribution in [2.45, 2.75) is 89.8 Å². The van der Waals surface area contributed by atoms with E-state index in [4.69, 9.17) is 9.47 Å². The van der Waals surface area contributed by atoms with E-state index in [1.54, 1.807) is 0 Å². The smallest absolute Gasteiger partial charge is 0.135 e. The quantitative estimate of drug-likeness (QED) is 0.403. The second-order valence-electron chi connectivity index (χ2n) is 9.19. The Morgan fingerprint density at radius 3 is 1.67 bits per heavy atom. The molecule has 3 aromatic rings. The standard InChI is InChI=1S/C28H34O2/c1-2-20-17-18-25-26(19-20)28(30-22-13-7-4-8-14-22)24-16-10-9-15-23(24)27(25)29-21-11-5-3-6-12-21/h9-10,15-19,21-22H,2-8,11-14H2,1H3. The van der Waals surface area contributed by atoms with Crippen molar-refractivity contribution in [2.24, 2.45) is 0 Å². The molecule has 2 heteroatoms. The Morgan fingerprint density at radius 1 is 0.633 bits per heavy atom. The van der Waals surface area contributed by atoms with Gasteiger partial charge in [0.15, 0.2) is 0 Å². The van der Waals surface area contributed by atoms with Crippen LogP contribution in [0.15, 0.2) is 42.5 Å². The topological polar surface area (TPSA) is 18.5 Å². The maximum atomic E-state index is 6.77. The third-order valence-electron chi connectivity index (χ3n) is 7.07. The van der Waals surface area contributed by atoms with Crippen molar-refractivity contribution >= 4 is 21.5 Å². The molecule has 30 heavy (non-hydrogen) atoms. The van der Waals surface area contributed by atoms with Crippen molar-refractivity contribution in [3.05, 3.63) is 48.0 Å². The van der Waals surface area contributed by atoms with Gasteiger partial charge in [-0.2, -0.15) is 0 Å². The summed E-state index contributed by atoms with van der Waals surface area (Å²) in [6.07, 6.45) is 14.2. The Morgan fingerprint density at radius 2 is 1.13 bits per heavy atom. The van der Waals surface area contributed by atoms with E-state index in [2.05, 4.69) is 49.4 Å². The predicted octanol–water partition coefficient (Wildman–Crippen LogP) is 7.98. The molecule has 2 nitrogen and oxygen atoms in total. The zero-order valence-electron chi connectivity index (χ0n) is 18.3. The van der Waals surface area contributed by atoms with Crippen LogP contribution in [0, 0.1) is 0 Å². The van der Waals surface area contributed by atoms with Crippen LogP contribution in [0.4, 0.5) is 0 Å². The van der Waals surface area contributed by atoms with Crippen LogP contribution in [-0.4, -0.2) is 12.2 Å². The Kier molecular flexibility index (Phi) is 5.84. The molecule has 0 unspecified atom stereocenters. The maximum absolute atomic E-state index is 6.77. The first kappa shape index (κ1) is 19.7. The minimum atomic E-state index is 0.334. The molecule has 0 aliphatic heterocycles. The highest BCUT2D eigenvalue weighted by molar-refractivity contribution is 6.11. The summed E-state index contributed by atoms with van der Waals surface area (Å²) in [7, 11) is 0. The Balaban J connectivity index is 1.67. The van der Waals surface area contributed by atoms with Crippen LogP contribution < -0.4 is 9.47 Å². The van der Waals surface area contributed by atoms with Gasteiger partial charge in [0.1, 0.15) is 11.5 Å². The molecule has 0 radical (unpaired) electrons. The molecule has 3 aromatic carbocycles. The fourth-order valence-electron chi connectivity index (χ4n) is 5.32. The summed E-state index contributed by atoms with van der Waals surface area (Å²) < 4.78 is 13.5. The van der Waals surface area contributed by atoms with Gasteiger partial charge < -0.3 is 9.47 Å². The molecule has 2 fully saturated rings. The van der Waals surface area contributed by atoms with Crippen LogP contribution in [0.3, 0.4) is 0 Å². The molecule has 0 bridgehead atoms. The normalized spacial score (nSPS) is 18.7. The third-order valence-corrected chi connectivity index (χ3v) is 7.07. The summed E-state index contributed by atoms with van der Waals surface area (Å²) in [5.41, 5.74) is 1.36. The first-order valence-electron chi connectivity index (χ1n) is 12.1. The van der Waals surface area contributed by atoms with Gasteiger partial charge in [-0.25, -0.2) is 0 Å². The van der Waals surface area contributed by atoms with E-state index in [1.165, 1.54) is 91.3 Å². The van der Waals surface area contributed by atoms with Gasteiger partial charge in [-0.15, -0.1) is 0 Å². The lowest BCUT2D eigenvalue weighted by Crippen LogP contribution is -2.21. The van der Waals surface area contributed by atoms with Crippen molar-refractivity contribution < 1.29 is 9.47 Å². The minimum absolute atomic E-state index is 0.334. The molecular formula is C28H34O2. The van der Waals surface area contributed by atoms with Crippen molar-refractivity contribution in [2.75, 3.05) is 0 Å². The van der Waals surface area contributed by atoms with Gasteiger partial charge in [-0.05, 0) is 69.4 Å². The van der Waals surface area contributed by atoms with Crippen LogP contribution in [0.2, 0.25) is 0 Å². The molecular weight excluding hydrogens is 368 g/mol. The lowest BCUT2D eigenvalue weighted by Gasteiger charge is -2.28. The van der Waals surface area contributed by atoms with Crippen LogP contribution in [-0.2, 0) is 6.42 Å². The number of rotatable bonds is 5. The SMILES string of the molecule is CCc1ccc2c(OC3CCCCC3)c3ccccc3c(OC3CCCCC3)c2c1. The summed E-state index contributed by atoms with van der Waals surface area (Å²) >= 11 is 0. The fourth-order valence-corrected chi connectivity index (χ4v) is 5.32. The van der Waals surface area contributed by atoms with Crippen LogP contribution >= 0.6 is 0 Å². The van der Waals surface area contributed by atoms with Crippen LogP contribution in [0.1, 0.15) is 76.7 Å².